The largest absolute Gasteiger partial charge is 0.481 e. The van der Waals surface area contributed by atoms with Gasteiger partial charge in [0.2, 0.25) is 0 Å². The molecule has 0 bridgehead atoms. The van der Waals surface area contributed by atoms with Crippen LogP contribution in [0.3, 0.4) is 0 Å². The van der Waals surface area contributed by atoms with Gasteiger partial charge in [-0.05, 0) is 12.5 Å². The zero-order chi connectivity index (χ0) is 21.8. The lowest BCUT2D eigenvalue weighted by atomic mass is 9.96. The zero-order valence-electron chi connectivity index (χ0n) is 16.3. The van der Waals surface area contributed by atoms with Gasteiger partial charge in [0.15, 0.2) is 0 Å². The molecule has 1 aromatic carbocycles. The van der Waals surface area contributed by atoms with E-state index < -0.39 is 47.5 Å². The molecule has 1 aromatic heterocycles. The summed E-state index contributed by atoms with van der Waals surface area (Å²) in [6.07, 6.45) is -0.561. The Balaban J connectivity index is 1.67. The maximum atomic E-state index is 12.2. The first-order chi connectivity index (χ1) is 14.3. The van der Waals surface area contributed by atoms with Crippen LogP contribution in [0.15, 0.2) is 46.1 Å². The number of aryl methyl sites for hydroxylation is 1. The highest BCUT2D eigenvalue weighted by molar-refractivity contribution is 5.76. The third-order valence-electron chi connectivity index (χ3n) is 5.02. The molecule has 10 heteroatoms. The van der Waals surface area contributed by atoms with Crippen molar-refractivity contribution in [3.05, 3.63) is 68.5 Å². The molecule has 4 N–H and O–H groups in total. The molecule has 1 aliphatic heterocycles. The van der Waals surface area contributed by atoms with Crippen molar-refractivity contribution < 1.29 is 24.2 Å². The third-order valence-corrected chi connectivity index (χ3v) is 5.02. The summed E-state index contributed by atoms with van der Waals surface area (Å²) < 4.78 is 12.1. The van der Waals surface area contributed by atoms with E-state index in [4.69, 9.17) is 15.2 Å². The molecule has 0 spiro atoms. The number of carboxylic acid groups (broad SMARTS) is 1. The first-order valence-electron chi connectivity index (χ1n) is 9.42. The van der Waals surface area contributed by atoms with Crippen LogP contribution in [-0.4, -0.2) is 38.7 Å². The molecule has 4 atom stereocenters. The van der Waals surface area contributed by atoms with Crippen LogP contribution in [0.4, 0.5) is 0 Å². The Labute approximate surface area is 171 Å². The van der Waals surface area contributed by atoms with Crippen molar-refractivity contribution in [3.63, 3.8) is 0 Å². The van der Waals surface area contributed by atoms with Crippen molar-refractivity contribution in [1.29, 1.82) is 0 Å². The Morgan fingerprint density at radius 2 is 2.03 bits per heavy atom. The molecule has 2 unspecified atom stereocenters. The molecule has 0 radical (unpaired) electrons. The Kier molecular flexibility index (Phi) is 6.48. The lowest BCUT2D eigenvalue weighted by Gasteiger charge is -2.19. The number of carbonyl (C=O) groups excluding carboxylic acids is 1. The molecular weight excluding hydrogens is 394 g/mol. The number of aromatic nitrogens is 2. The molecule has 2 heterocycles. The van der Waals surface area contributed by atoms with Crippen molar-refractivity contribution in [1.82, 2.24) is 9.55 Å². The van der Waals surface area contributed by atoms with Crippen molar-refractivity contribution in [2.75, 3.05) is 0 Å². The summed E-state index contributed by atoms with van der Waals surface area (Å²) in [5.41, 5.74) is 5.78. The normalized spacial score (nSPS) is 21.9. The van der Waals surface area contributed by atoms with E-state index in [1.807, 2.05) is 18.2 Å². The van der Waals surface area contributed by atoms with Gasteiger partial charge >= 0.3 is 17.6 Å². The fraction of sp³-hybridized carbons (Fsp3) is 0.400. The molecule has 0 amide bonds. The van der Waals surface area contributed by atoms with Gasteiger partial charge in [-0.3, -0.25) is 23.9 Å². The highest BCUT2D eigenvalue weighted by Crippen LogP contribution is 2.35. The van der Waals surface area contributed by atoms with Crippen molar-refractivity contribution >= 4 is 11.9 Å². The molecule has 2 aromatic rings. The van der Waals surface area contributed by atoms with Gasteiger partial charge in [0, 0.05) is 24.6 Å². The number of carbonyl (C=O) groups is 2. The molecule has 10 nitrogen and oxygen atoms in total. The molecule has 160 valence electrons. The van der Waals surface area contributed by atoms with E-state index in [0.717, 1.165) is 10.1 Å². The van der Waals surface area contributed by atoms with Gasteiger partial charge in [0.1, 0.15) is 18.9 Å². The van der Waals surface area contributed by atoms with Gasteiger partial charge in [-0.1, -0.05) is 30.3 Å². The number of H-pyrrole nitrogens is 1. The number of benzene rings is 1. The molecule has 3 rings (SSSR count). The van der Waals surface area contributed by atoms with Crippen LogP contribution in [0, 0.1) is 12.8 Å². The van der Waals surface area contributed by atoms with Crippen LogP contribution in [0.5, 0.6) is 0 Å². The quantitative estimate of drug-likeness (QED) is 0.543. The van der Waals surface area contributed by atoms with E-state index in [-0.39, 0.29) is 25.0 Å². The van der Waals surface area contributed by atoms with Crippen LogP contribution in [-0.2, 0) is 25.7 Å². The second-order valence-electron chi connectivity index (χ2n) is 7.22. The molecular formula is C20H23N3O7. The summed E-state index contributed by atoms with van der Waals surface area (Å²) in [6.45, 7) is 1.57. The number of nitrogens with two attached hydrogens (primary N) is 1. The summed E-state index contributed by atoms with van der Waals surface area (Å²) in [7, 11) is 0. The Bertz CT molecular complexity index is 1030. The van der Waals surface area contributed by atoms with Crippen LogP contribution >= 0.6 is 0 Å². The van der Waals surface area contributed by atoms with Crippen molar-refractivity contribution in [2.45, 2.75) is 44.7 Å². The van der Waals surface area contributed by atoms with E-state index in [9.17, 15) is 24.3 Å². The van der Waals surface area contributed by atoms with E-state index in [2.05, 4.69) is 4.98 Å². The van der Waals surface area contributed by atoms with Crippen LogP contribution in [0.1, 0.15) is 30.2 Å². The molecule has 30 heavy (non-hydrogen) atoms. The minimum absolute atomic E-state index is 0.00280. The summed E-state index contributed by atoms with van der Waals surface area (Å²) in [5, 5.41) is 9.54. The Morgan fingerprint density at radius 1 is 1.33 bits per heavy atom. The smallest absolute Gasteiger partial charge is 0.330 e. The molecule has 1 saturated heterocycles. The average molecular weight is 417 g/mol. The molecule has 1 fully saturated rings. The number of carboxylic acids is 1. The van der Waals surface area contributed by atoms with Crippen LogP contribution < -0.4 is 17.0 Å². The topological polar surface area (TPSA) is 154 Å². The summed E-state index contributed by atoms with van der Waals surface area (Å²) in [4.78, 5) is 49.7. The molecule has 1 aliphatic rings. The van der Waals surface area contributed by atoms with E-state index >= 15 is 0 Å². The van der Waals surface area contributed by atoms with Gasteiger partial charge in [0.05, 0.1) is 12.0 Å². The number of esters is 1. The van der Waals surface area contributed by atoms with Crippen molar-refractivity contribution in [3.8, 4) is 0 Å². The van der Waals surface area contributed by atoms with Gasteiger partial charge in [0.25, 0.3) is 5.56 Å². The van der Waals surface area contributed by atoms with E-state index in [1.165, 1.54) is 13.1 Å². The van der Waals surface area contributed by atoms with Crippen molar-refractivity contribution in [2.24, 2.45) is 11.7 Å². The van der Waals surface area contributed by atoms with Gasteiger partial charge < -0.3 is 20.3 Å². The number of nitrogens with one attached hydrogen (secondary N) is 1. The number of aromatic amines is 1. The lowest BCUT2D eigenvalue weighted by Crippen LogP contribution is -2.38. The highest BCUT2D eigenvalue weighted by Gasteiger charge is 2.42. The Morgan fingerprint density at radius 3 is 2.70 bits per heavy atom. The lowest BCUT2D eigenvalue weighted by molar-refractivity contribution is -0.150. The molecule has 0 saturated carbocycles. The number of rotatable bonds is 7. The summed E-state index contributed by atoms with van der Waals surface area (Å²) in [6, 6.07) is 7.97. The Hall–Kier alpha value is -3.24. The SMILES string of the molecule is Cc1cn([C@H]2CC(C(=O)O)[C@@H](CC(N)C(=O)OCc3ccccc3)O2)c(=O)[nH]c1=O. The number of nitrogens with zero attached hydrogens (tertiary/aromatic N) is 1. The number of hydrogen-bond donors (Lipinski definition) is 3. The van der Waals surface area contributed by atoms with Gasteiger partial charge in [-0.15, -0.1) is 0 Å². The third kappa shape index (κ3) is 4.84. The molecule has 0 aliphatic carbocycles. The number of ether oxygens (including phenoxy) is 2. The fourth-order valence-electron chi connectivity index (χ4n) is 3.36. The zero-order valence-corrected chi connectivity index (χ0v) is 16.3. The first-order valence-corrected chi connectivity index (χ1v) is 9.42. The van der Waals surface area contributed by atoms with E-state index in [0.29, 0.717) is 0 Å². The summed E-state index contributed by atoms with van der Waals surface area (Å²) in [5.74, 6) is -2.77. The highest BCUT2D eigenvalue weighted by atomic mass is 16.5. The van der Waals surface area contributed by atoms with Crippen LogP contribution in [0.2, 0.25) is 0 Å². The second-order valence-corrected chi connectivity index (χ2v) is 7.22. The minimum atomic E-state index is -1.12. The first kappa shape index (κ1) is 21.5. The standard InChI is InChI=1S/C20H23N3O7/c1-11-9-23(20(28)22-17(11)24)16-7-13(18(25)26)15(30-16)8-14(21)19(27)29-10-12-5-3-2-4-6-12/h2-6,9,13-16H,7-8,10,21H2,1H3,(H,25,26)(H,22,24,28)/t13?,14?,15-,16-/m1/s1. The monoisotopic (exact) mass is 417 g/mol. The predicted octanol–water partition coefficient (Wildman–Crippen LogP) is 0.294. The summed E-state index contributed by atoms with van der Waals surface area (Å²) >= 11 is 0. The number of aliphatic carboxylic acids is 1. The predicted molar refractivity (Wildman–Crippen MR) is 105 cm³/mol. The average Bonchev–Trinajstić information content (AvgIpc) is 3.13. The van der Waals surface area contributed by atoms with Gasteiger partial charge in [-0.2, -0.15) is 0 Å². The number of hydrogen-bond acceptors (Lipinski definition) is 7. The second kappa shape index (κ2) is 9.06. The fourth-order valence-corrected chi connectivity index (χ4v) is 3.36. The van der Waals surface area contributed by atoms with Crippen LogP contribution in [0.25, 0.3) is 0 Å². The van der Waals surface area contributed by atoms with E-state index in [1.54, 1.807) is 12.1 Å². The maximum absolute atomic E-state index is 12.2. The van der Waals surface area contributed by atoms with Gasteiger partial charge in [-0.25, -0.2) is 4.79 Å². The maximum Gasteiger partial charge on any atom is 0.330 e. The minimum Gasteiger partial charge on any atom is -0.481 e.